The van der Waals surface area contributed by atoms with E-state index in [1.165, 1.54) is 0 Å². The van der Waals surface area contributed by atoms with E-state index in [2.05, 4.69) is 30.4 Å². The molecule has 1 N–H and O–H groups in total. The van der Waals surface area contributed by atoms with Gasteiger partial charge in [0.25, 0.3) is 0 Å². The van der Waals surface area contributed by atoms with Crippen molar-refractivity contribution in [2.45, 2.75) is 47.5 Å². The number of hydrogen-bond donors (Lipinski definition) is 1. The molecule has 2 aromatic heterocycles. The standard InChI is InChI=1S/C26H28N4O/c1-16-13-17(2)15-22(14-16)28-24(31)12-11-23-18(3)27-26-25(21-9-7-6-8-10-21)19(4)29-30(26)20(23)5/h6-10,13-15H,11-12H2,1-5H3,(H,28,31). The van der Waals surface area contributed by atoms with Crippen LogP contribution < -0.4 is 5.32 Å². The van der Waals surface area contributed by atoms with Crippen LogP contribution in [-0.4, -0.2) is 20.5 Å². The first-order valence-electron chi connectivity index (χ1n) is 10.6. The van der Waals surface area contributed by atoms with Crippen molar-refractivity contribution in [3.05, 3.63) is 82.3 Å². The van der Waals surface area contributed by atoms with Crippen LogP contribution in [0.5, 0.6) is 0 Å². The summed E-state index contributed by atoms with van der Waals surface area (Å²) < 4.78 is 1.92. The Morgan fingerprint density at radius 3 is 2.29 bits per heavy atom. The fourth-order valence-electron chi connectivity index (χ4n) is 4.28. The molecule has 0 aliphatic carbocycles. The number of carbonyl (C=O) groups excluding carboxylic acids is 1. The molecule has 0 bridgehead atoms. The molecule has 31 heavy (non-hydrogen) atoms. The third-order valence-electron chi connectivity index (χ3n) is 5.67. The van der Waals surface area contributed by atoms with Crippen LogP contribution in [-0.2, 0) is 11.2 Å². The summed E-state index contributed by atoms with van der Waals surface area (Å²) in [6.07, 6.45) is 1.02. The average molecular weight is 413 g/mol. The van der Waals surface area contributed by atoms with Gasteiger partial charge in [-0.1, -0.05) is 36.4 Å². The maximum atomic E-state index is 12.6. The van der Waals surface area contributed by atoms with E-state index in [9.17, 15) is 4.79 Å². The molecule has 0 radical (unpaired) electrons. The van der Waals surface area contributed by atoms with Gasteiger partial charge in [-0.25, -0.2) is 9.50 Å². The molecule has 4 rings (SSSR count). The van der Waals surface area contributed by atoms with E-state index in [4.69, 9.17) is 10.1 Å². The lowest BCUT2D eigenvalue weighted by molar-refractivity contribution is -0.116. The second-order valence-corrected chi connectivity index (χ2v) is 8.25. The van der Waals surface area contributed by atoms with Crippen LogP contribution >= 0.6 is 0 Å². The van der Waals surface area contributed by atoms with Crippen molar-refractivity contribution >= 4 is 17.2 Å². The van der Waals surface area contributed by atoms with Crippen LogP contribution in [0.1, 0.15) is 40.2 Å². The quantitative estimate of drug-likeness (QED) is 0.470. The predicted octanol–water partition coefficient (Wildman–Crippen LogP) is 5.51. The van der Waals surface area contributed by atoms with Gasteiger partial charge in [-0.05, 0) is 75.4 Å². The van der Waals surface area contributed by atoms with Crippen molar-refractivity contribution in [1.82, 2.24) is 14.6 Å². The first-order valence-corrected chi connectivity index (χ1v) is 10.6. The van der Waals surface area contributed by atoms with Gasteiger partial charge in [-0.15, -0.1) is 0 Å². The van der Waals surface area contributed by atoms with Crippen LogP contribution in [0.25, 0.3) is 16.8 Å². The van der Waals surface area contributed by atoms with Gasteiger partial charge in [0.05, 0.1) is 5.69 Å². The molecular weight excluding hydrogens is 384 g/mol. The maximum Gasteiger partial charge on any atom is 0.224 e. The molecule has 0 aliphatic rings. The van der Waals surface area contributed by atoms with Gasteiger partial charge >= 0.3 is 0 Å². The fourth-order valence-corrected chi connectivity index (χ4v) is 4.28. The van der Waals surface area contributed by atoms with E-state index in [1.807, 2.05) is 62.5 Å². The Labute approximate surface area is 183 Å². The zero-order chi connectivity index (χ0) is 22.1. The molecule has 0 saturated carbocycles. The van der Waals surface area contributed by atoms with E-state index in [1.54, 1.807) is 0 Å². The van der Waals surface area contributed by atoms with Crippen LogP contribution in [0, 0.1) is 34.6 Å². The molecule has 0 unspecified atom stereocenters. The van der Waals surface area contributed by atoms with Gasteiger partial charge < -0.3 is 5.32 Å². The number of anilines is 1. The SMILES string of the molecule is Cc1cc(C)cc(NC(=O)CCc2c(C)nc3c(-c4ccccc4)c(C)nn3c2C)c1. The smallest absolute Gasteiger partial charge is 0.224 e. The summed E-state index contributed by atoms with van der Waals surface area (Å²) in [4.78, 5) is 17.5. The van der Waals surface area contributed by atoms with Gasteiger partial charge in [0.15, 0.2) is 5.65 Å². The molecule has 1 amide bonds. The molecule has 0 spiro atoms. The number of aryl methyl sites for hydroxylation is 5. The van der Waals surface area contributed by atoms with Crippen molar-refractivity contribution in [2.75, 3.05) is 5.32 Å². The molecule has 4 aromatic rings. The van der Waals surface area contributed by atoms with Crippen LogP contribution in [0.2, 0.25) is 0 Å². The van der Waals surface area contributed by atoms with Gasteiger partial charge in [0.2, 0.25) is 5.91 Å². The summed E-state index contributed by atoms with van der Waals surface area (Å²) in [6.45, 7) is 10.2. The second kappa shape index (κ2) is 8.34. The lowest BCUT2D eigenvalue weighted by atomic mass is 10.0. The van der Waals surface area contributed by atoms with E-state index in [-0.39, 0.29) is 5.91 Å². The molecular formula is C26H28N4O. The molecule has 0 aliphatic heterocycles. The molecule has 5 nitrogen and oxygen atoms in total. The highest BCUT2D eigenvalue weighted by atomic mass is 16.1. The summed E-state index contributed by atoms with van der Waals surface area (Å²) in [5, 5.41) is 7.78. The Bertz CT molecular complexity index is 1250. The first-order chi connectivity index (χ1) is 14.8. The highest BCUT2D eigenvalue weighted by molar-refractivity contribution is 5.91. The normalized spacial score (nSPS) is 11.1. The van der Waals surface area contributed by atoms with Crippen molar-refractivity contribution in [2.24, 2.45) is 0 Å². The first kappa shape index (κ1) is 20.8. The summed E-state index contributed by atoms with van der Waals surface area (Å²) in [5.41, 5.74) is 10.2. The maximum absolute atomic E-state index is 12.6. The molecule has 158 valence electrons. The molecule has 0 saturated heterocycles. The summed E-state index contributed by atoms with van der Waals surface area (Å²) in [5.74, 6) is 0.00511. The van der Waals surface area contributed by atoms with E-state index >= 15 is 0 Å². The lowest BCUT2D eigenvalue weighted by Crippen LogP contribution is -2.14. The van der Waals surface area contributed by atoms with Gasteiger partial charge in [-0.2, -0.15) is 5.10 Å². The van der Waals surface area contributed by atoms with Gasteiger partial charge in [0, 0.05) is 29.1 Å². The van der Waals surface area contributed by atoms with Crippen LogP contribution in [0.15, 0.2) is 48.5 Å². The van der Waals surface area contributed by atoms with Gasteiger partial charge in [-0.3, -0.25) is 4.79 Å². The third-order valence-corrected chi connectivity index (χ3v) is 5.67. The minimum absolute atomic E-state index is 0.00511. The fraction of sp³-hybridized carbons (Fsp3) is 0.269. The Kier molecular flexibility index (Phi) is 5.59. The second-order valence-electron chi connectivity index (χ2n) is 8.25. The number of hydrogen-bond acceptors (Lipinski definition) is 3. The Morgan fingerprint density at radius 2 is 1.61 bits per heavy atom. The number of benzene rings is 2. The highest BCUT2D eigenvalue weighted by Gasteiger charge is 2.18. The monoisotopic (exact) mass is 412 g/mol. The van der Waals surface area contributed by atoms with Crippen LogP contribution in [0.4, 0.5) is 5.69 Å². The Morgan fingerprint density at radius 1 is 0.935 bits per heavy atom. The van der Waals surface area contributed by atoms with Crippen LogP contribution in [0.3, 0.4) is 0 Å². The summed E-state index contributed by atoms with van der Waals surface area (Å²) in [6, 6.07) is 16.3. The third kappa shape index (κ3) is 4.22. The molecule has 0 fully saturated rings. The summed E-state index contributed by atoms with van der Waals surface area (Å²) in [7, 11) is 0. The van der Waals surface area contributed by atoms with E-state index in [0.29, 0.717) is 12.8 Å². The van der Waals surface area contributed by atoms with Crippen molar-refractivity contribution < 1.29 is 4.79 Å². The molecule has 2 aromatic carbocycles. The van der Waals surface area contributed by atoms with Crippen molar-refractivity contribution in [3.63, 3.8) is 0 Å². The largest absolute Gasteiger partial charge is 0.326 e. The number of carbonyl (C=O) groups is 1. The number of nitrogens with zero attached hydrogens (tertiary/aromatic N) is 3. The zero-order valence-corrected chi connectivity index (χ0v) is 18.8. The Balaban J connectivity index is 1.59. The number of aromatic nitrogens is 3. The Hall–Kier alpha value is -3.47. The number of nitrogens with one attached hydrogen (secondary N) is 1. The summed E-state index contributed by atoms with van der Waals surface area (Å²) >= 11 is 0. The lowest BCUT2D eigenvalue weighted by Gasteiger charge is -2.12. The molecule has 5 heteroatoms. The van der Waals surface area contributed by atoms with Gasteiger partial charge in [0.1, 0.15) is 0 Å². The number of fused-ring (bicyclic) bond motifs is 1. The zero-order valence-electron chi connectivity index (χ0n) is 18.8. The highest BCUT2D eigenvalue weighted by Crippen LogP contribution is 2.29. The van der Waals surface area contributed by atoms with Crippen molar-refractivity contribution in [1.29, 1.82) is 0 Å². The molecule has 2 heterocycles. The van der Waals surface area contributed by atoms with E-state index in [0.717, 1.165) is 56.2 Å². The number of amides is 1. The number of rotatable bonds is 5. The predicted molar refractivity (Wildman–Crippen MR) is 126 cm³/mol. The molecule has 0 atom stereocenters. The minimum Gasteiger partial charge on any atom is -0.326 e. The average Bonchev–Trinajstić information content (AvgIpc) is 3.03. The topological polar surface area (TPSA) is 59.3 Å². The van der Waals surface area contributed by atoms with Crippen molar-refractivity contribution in [3.8, 4) is 11.1 Å². The minimum atomic E-state index is 0.00511. The van der Waals surface area contributed by atoms with E-state index < -0.39 is 0 Å².